The Kier molecular flexibility index (Phi) is 2.61. The lowest BCUT2D eigenvalue weighted by Gasteiger charge is -2.06. The van der Waals surface area contributed by atoms with Crippen molar-refractivity contribution in [3.05, 3.63) is 58.0 Å². The molecule has 0 bridgehead atoms. The molecular formula is C14H12ClN3O. The first-order valence-electron chi connectivity index (χ1n) is 5.81. The molecule has 0 atom stereocenters. The van der Waals surface area contributed by atoms with E-state index in [0.717, 1.165) is 11.0 Å². The molecule has 0 aliphatic rings. The lowest BCUT2D eigenvalue weighted by Crippen LogP contribution is -2.21. The van der Waals surface area contributed by atoms with Gasteiger partial charge >= 0.3 is 5.69 Å². The molecule has 3 rings (SSSR count). The van der Waals surface area contributed by atoms with Gasteiger partial charge in [-0.2, -0.15) is 0 Å². The summed E-state index contributed by atoms with van der Waals surface area (Å²) in [5.74, 6) is 0. The highest BCUT2D eigenvalue weighted by Gasteiger charge is 2.13. The van der Waals surface area contributed by atoms with Crippen LogP contribution in [0.5, 0.6) is 0 Å². The molecule has 0 unspecified atom stereocenters. The van der Waals surface area contributed by atoms with E-state index in [9.17, 15) is 4.79 Å². The molecule has 3 aromatic rings. The second-order valence-electron chi connectivity index (χ2n) is 4.38. The molecule has 0 saturated heterocycles. The van der Waals surface area contributed by atoms with Gasteiger partial charge in [0.25, 0.3) is 0 Å². The Morgan fingerprint density at radius 2 is 1.79 bits per heavy atom. The third-order valence-electron chi connectivity index (χ3n) is 3.17. The highest BCUT2D eigenvalue weighted by molar-refractivity contribution is 6.32. The monoisotopic (exact) mass is 273 g/mol. The lowest BCUT2D eigenvalue weighted by molar-refractivity contribution is 0.846. The Bertz CT molecular complexity index is 832. The van der Waals surface area contributed by atoms with E-state index in [0.29, 0.717) is 16.4 Å². The van der Waals surface area contributed by atoms with Crippen LogP contribution >= 0.6 is 11.6 Å². The largest absolute Gasteiger partial charge is 0.399 e. The molecule has 1 aromatic heterocycles. The van der Waals surface area contributed by atoms with E-state index in [1.54, 1.807) is 34.4 Å². The van der Waals surface area contributed by atoms with Crippen LogP contribution in [0.2, 0.25) is 5.02 Å². The topological polar surface area (TPSA) is 53.0 Å². The molecule has 2 aromatic carbocycles. The van der Waals surface area contributed by atoms with E-state index in [2.05, 4.69) is 0 Å². The Morgan fingerprint density at radius 3 is 2.47 bits per heavy atom. The van der Waals surface area contributed by atoms with Gasteiger partial charge in [0.2, 0.25) is 0 Å². The van der Waals surface area contributed by atoms with E-state index in [-0.39, 0.29) is 5.69 Å². The van der Waals surface area contributed by atoms with Crippen molar-refractivity contribution in [3.8, 4) is 5.69 Å². The van der Waals surface area contributed by atoms with Gasteiger partial charge in [0.05, 0.1) is 21.7 Å². The number of nitrogens with two attached hydrogens (primary N) is 1. The average Bonchev–Trinajstić information content (AvgIpc) is 2.64. The van der Waals surface area contributed by atoms with Crippen molar-refractivity contribution >= 4 is 28.3 Å². The third-order valence-corrected chi connectivity index (χ3v) is 3.48. The summed E-state index contributed by atoms with van der Waals surface area (Å²) in [7, 11) is 1.74. The fourth-order valence-electron chi connectivity index (χ4n) is 2.23. The summed E-state index contributed by atoms with van der Waals surface area (Å²) in [6.07, 6.45) is 0. The number of anilines is 1. The Labute approximate surface area is 114 Å². The highest BCUT2D eigenvalue weighted by atomic mass is 35.5. The molecule has 96 valence electrons. The van der Waals surface area contributed by atoms with E-state index < -0.39 is 0 Å². The Balaban J connectivity index is 2.43. The normalized spacial score (nSPS) is 11.1. The summed E-state index contributed by atoms with van der Waals surface area (Å²) < 4.78 is 3.19. The van der Waals surface area contributed by atoms with Gasteiger partial charge in [-0.15, -0.1) is 0 Å². The van der Waals surface area contributed by atoms with E-state index in [1.165, 1.54) is 0 Å². The molecule has 1 heterocycles. The first-order valence-corrected chi connectivity index (χ1v) is 6.19. The summed E-state index contributed by atoms with van der Waals surface area (Å²) in [6.45, 7) is 0. The standard InChI is InChI=1S/C14H12ClN3O/c1-17-12-4-2-3-5-13(12)18(14(17)19)11-7-6-9(16)8-10(11)15/h2-8H,16H2,1H3. The van der Waals surface area contributed by atoms with Gasteiger partial charge in [0, 0.05) is 12.7 Å². The second kappa shape index (κ2) is 4.17. The zero-order chi connectivity index (χ0) is 13.6. The predicted octanol–water partition coefficient (Wildman–Crippen LogP) is 2.56. The maximum atomic E-state index is 12.4. The Morgan fingerprint density at radius 1 is 1.11 bits per heavy atom. The number of fused-ring (bicyclic) bond motifs is 1. The van der Waals surface area contributed by atoms with Crippen molar-refractivity contribution in [2.45, 2.75) is 0 Å². The van der Waals surface area contributed by atoms with Crippen molar-refractivity contribution in [1.82, 2.24) is 9.13 Å². The number of nitrogen functional groups attached to an aromatic ring is 1. The SMILES string of the molecule is Cn1c(=O)n(-c2ccc(N)cc2Cl)c2ccccc21. The molecule has 0 spiro atoms. The molecule has 2 N–H and O–H groups in total. The summed E-state index contributed by atoms with van der Waals surface area (Å²) in [4.78, 5) is 12.4. The zero-order valence-corrected chi connectivity index (χ0v) is 11.1. The number of aromatic nitrogens is 2. The summed E-state index contributed by atoms with van der Waals surface area (Å²) in [6, 6.07) is 12.7. The van der Waals surface area contributed by atoms with E-state index >= 15 is 0 Å². The quantitative estimate of drug-likeness (QED) is 0.693. The van der Waals surface area contributed by atoms with Crippen LogP contribution in [0.1, 0.15) is 0 Å². The minimum atomic E-state index is -0.132. The Hall–Kier alpha value is -2.20. The summed E-state index contributed by atoms with van der Waals surface area (Å²) in [5.41, 5.74) is 8.44. The second-order valence-corrected chi connectivity index (χ2v) is 4.78. The molecule has 0 aliphatic heterocycles. The molecule has 0 fully saturated rings. The van der Waals surface area contributed by atoms with Gasteiger partial charge < -0.3 is 5.73 Å². The van der Waals surface area contributed by atoms with Crippen LogP contribution in [0.15, 0.2) is 47.3 Å². The molecular weight excluding hydrogens is 262 g/mol. The number of hydrogen-bond donors (Lipinski definition) is 1. The number of benzene rings is 2. The molecule has 0 radical (unpaired) electrons. The van der Waals surface area contributed by atoms with Gasteiger partial charge in [-0.3, -0.25) is 9.13 Å². The predicted molar refractivity (Wildman–Crippen MR) is 77.9 cm³/mol. The van der Waals surface area contributed by atoms with Crippen LogP contribution in [0, 0.1) is 0 Å². The first kappa shape index (κ1) is 11.9. The maximum Gasteiger partial charge on any atom is 0.333 e. The first-order chi connectivity index (χ1) is 9.09. The molecule has 0 saturated carbocycles. The molecule has 0 amide bonds. The number of nitrogens with zero attached hydrogens (tertiary/aromatic N) is 2. The minimum Gasteiger partial charge on any atom is -0.399 e. The smallest absolute Gasteiger partial charge is 0.333 e. The summed E-state index contributed by atoms with van der Waals surface area (Å²) in [5, 5.41) is 0.457. The van der Waals surface area contributed by atoms with Crippen LogP contribution in [0.4, 0.5) is 5.69 Å². The zero-order valence-electron chi connectivity index (χ0n) is 10.3. The van der Waals surface area contributed by atoms with Crippen molar-refractivity contribution in [2.24, 2.45) is 7.05 Å². The number of hydrogen-bond acceptors (Lipinski definition) is 2. The van der Waals surface area contributed by atoms with Gasteiger partial charge in [0.15, 0.2) is 0 Å². The van der Waals surface area contributed by atoms with Crippen molar-refractivity contribution in [3.63, 3.8) is 0 Å². The molecule has 0 aliphatic carbocycles. The molecule has 4 nitrogen and oxygen atoms in total. The van der Waals surface area contributed by atoms with Gasteiger partial charge in [-0.05, 0) is 30.3 Å². The third kappa shape index (κ3) is 1.72. The van der Waals surface area contributed by atoms with Crippen molar-refractivity contribution in [1.29, 1.82) is 0 Å². The summed E-state index contributed by atoms with van der Waals surface area (Å²) >= 11 is 6.20. The van der Waals surface area contributed by atoms with Crippen molar-refractivity contribution < 1.29 is 0 Å². The lowest BCUT2D eigenvalue weighted by atomic mass is 10.2. The maximum absolute atomic E-state index is 12.4. The minimum absolute atomic E-state index is 0.132. The highest BCUT2D eigenvalue weighted by Crippen LogP contribution is 2.25. The van der Waals surface area contributed by atoms with Crippen LogP contribution in [0.3, 0.4) is 0 Å². The molecule has 19 heavy (non-hydrogen) atoms. The van der Waals surface area contributed by atoms with Crippen LogP contribution in [-0.2, 0) is 7.05 Å². The van der Waals surface area contributed by atoms with Crippen LogP contribution in [-0.4, -0.2) is 9.13 Å². The van der Waals surface area contributed by atoms with E-state index in [1.807, 2.05) is 24.3 Å². The fourth-order valence-corrected chi connectivity index (χ4v) is 2.50. The number of imidazole rings is 1. The van der Waals surface area contributed by atoms with Crippen molar-refractivity contribution in [2.75, 3.05) is 5.73 Å². The average molecular weight is 274 g/mol. The number of para-hydroxylation sites is 2. The number of rotatable bonds is 1. The number of aryl methyl sites for hydroxylation is 1. The van der Waals surface area contributed by atoms with Gasteiger partial charge in [-0.25, -0.2) is 4.79 Å². The molecule has 5 heteroatoms. The fraction of sp³-hybridized carbons (Fsp3) is 0.0714. The number of halogens is 1. The van der Waals surface area contributed by atoms with Crippen LogP contribution < -0.4 is 11.4 Å². The van der Waals surface area contributed by atoms with Gasteiger partial charge in [0.1, 0.15) is 0 Å². The van der Waals surface area contributed by atoms with E-state index in [4.69, 9.17) is 17.3 Å². The van der Waals surface area contributed by atoms with Gasteiger partial charge in [-0.1, -0.05) is 23.7 Å². The van der Waals surface area contributed by atoms with Crippen LogP contribution in [0.25, 0.3) is 16.7 Å².